The summed E-state index contributed by atoms with van der Waals surface area (Å²) in [6.07, 6.45) is -0.626. The van der Waals surface area contributed by atoms with E-state index >= 15 is 0 Å². The molecule has 0 unspecified atom stereocenters. The van der Waals surface area contributed by atoms with Gasteiger partial charge in [-0.2, -0.15) is 0 Å². The average Bonchev–Trinajstić information content (AvgIpc) is 2.46. The van der Waals surface area contributed by atoms with E-state index in [2.05, 4.69) is 32.9 Å². The summed E-state index contributed by atoms with van der Waals surface area (Å²) < 4.78 is 5.19. The Bertz CT molecular complexity index is 565. The maximum atomic E-state index is 10.4. The largest absolute Gasteiger partial charge is 0.497 e. The number of hydrogen-bond acceptors (Lipinski definition) is 2. The smallest absolute Gasteiger partial charge is 0.119 e. The summed E-state index contributed by atoms with van der Waals surface area (Å²) in [6, 6.07) is 15.7. The fourth-order valence-electron chi connectivity index (χ4n) is 2.17. The van der Waals surface area contributed by atoms with Crippen LogP contribution in [0, 0.1) is 0 Å². The molecule has 20 heavy (non-hydrogen) atoms. The zero-order chi connectivity index (χ0) is 14.8. The van der Waals surface area contributed by atoms with Crippen molar-refractivity contribution in [2.75, 3.05) is 7.11 Å². The highest BCUT2D eigenvalue weighted by Crippen LogP contribution is 2.28. The van der Waals surface area contributed by atoms with E-state index in [4.69, 9.17) is 4.74 Å². The summed E-state index contributed by atoms with van der Waals surface area (Å²) in [5.41, 5.74) is 3.12. The van der Waals surface area contributed by atoms with Crippen LogP contribution in [0.3, 0.4) is 0 Å². The highest BCUT2D eigenvalue weighted by molar-refractivity contribution is 5.37. The molecular weight excluding hydrogens is 248 g/mol. The summed E-state index contributed by atoms with van der Waals surface area (Å²) in [4.78, 5) is 0. The number of benzene rings is 2. The lowest BCUT2D eigenvalue weighted by Gasteiger charge is -2.20. The zero-order valence-electron chi connectivity index (χ0n) is 12.6. The molecule has 0 spiro atoms. The van der Waals surface area contributed by atoms with Crippen LogP contribution in [0.2, 0.25) is 0 Å². The van der Waals surface area contributed by atoms with Gasteiger partial charge in [-0.25, -0.2) is 0 Å². The molecule has 2 rings (SSSR count). The number of ether oxygens (including phenoxy) is 1. The first-order valence-corrected chi connectivity index (χ1v) is 6.84. The molecule has 0 saturated carbocycles. The predicted octanol–water partition coefficient (Wildman–Crippen LogP) is 4.07. The molecule has 0 aliphatic carbocycles. The second-order valence-electron chi connectivity index (χ2n) is 6.05. The van der Waals surface area contributed by atoms with Crippen LogP contribution in [0.15, 0.2) is 48.5 Å². The van der Waals surface area contributed by atoms with Gasteiger partial charge in [0.1, 0.15) is 11.9 Å². The molecule has 0 aromatic heterocycles. The van der Waals surface area contributed by atoms with E-state index in [1.807, 2.05) is 36.4 Å². The monoisotopic (exact) mass is 270 g/mol. The molecule has 0 radical (unpaired) electrons. The maximum absolute atomic E-state index is 10.4. The first kappa shape index (κ1) is 14.6. The van der Waals surface area contributed by atoms with Crippen molar-refractivity contribution in [1.82, 2.24) is 0 Å². The van der Waals surface area contributed by atoms with Crippen LogP contribution in [0.5, 0.6) is 5.75 Å². The van der Waals surface area contributed by atoms with Crippen LogP contribution >= 0.6 is 0 Å². The molecular formula is C18H22O2. The van der Waals surface area contributed by atoms with Crippen molar-refractivity contribution in [3.05, 3.63) is 65.2 Å². The number of methoxy groups -OCH3 is 1. The lowest BCUT2D eigenvalue weighted by atomic mass is 9.86. The Labute approximate surface area is 121 Å². The molecule has 0 fully saturated rings. The van der Waals surface area contributed by atoms with Gasteiger partial charge in [0.25, 0.3) is 0 Å². The highest BCUT2D eigenvalue weighted by atomic mass is 16.5. The average molecular weight is 270 g/mol. The SMILES string of the molecule is COc1cccc([C@H](O)c2ccc(C(C)(C)C)cc2)c1. The van der Waals surface area contributed by atoms with Crippen molar-refractivity contribution in [1.29, 1.82) is 0 Å². The van der Waals surface area contributed by atoms with Crippen molar-refractivity contribution in [2.24, 2.45) is 0 Å². The third-order valence-corrected chi connectivity index (χ3v) is 3.50. The number of hydrogen-bond donors (Lipinski definition) is 1. The molecule has 0 amide bonds. The minimum atomic E-state index is -0.626. The van der Waals surface area contributed by atoms with Gasteiger partial charge in [-0.1, -0.05) is 57.2 Å². The summed E-state index contributed by atoms with van der Waals surface area (Å²) in [5.74, 6) is 0.757. The second-order valence-corrected chi connectivity index (χ2v) is 6.05. The molecule has 2 aromatic rings. The third kappa shape index (κ3) is 3.20. The minimum Gasteiger partial charge on any atom is -0.497 e. The van der Waals surface area contributed by atoms with E-state index in [9.17, 15) is 5.11 Å². The van der Waals surface area contributed by atoms with Gasteiger partial charge in [-0.15, -0.1) is 0 Å². The van der Waals surface area contributed by atoms with Crippen molar-refractivity contribution in [3.63, 3.8) is 0 Å². The predicted molar refractivity (Wildman–Crippen MR) is 82.2 cm³/mol. The normalized spacial score (nSPS) is 13.1. The van der Waals surface area contributed by atoms with E-state index < -0.39 is 6.10 Å². The first-order chi connectivity index (χ1) is 9.41. The van der Waals surface area contributed by atoms with Gasteiger partial charge in [-0.3, -0.25) is 0 Å². The van der Waals surface area contributed by atoms with Gasteiger partial charge in [0.2, 0.25) is 0 Å². The number of aliphatic hydroxyl groups excluding tert-OH is 1. The molecule has 1 atom stereocenters. The molecule has 2 heteroatoms. The first-order valence-electron chi connectivity index (χ1n) is 6.84. The molecule has 0 aliphatic rings. The standard InChI is InChI=1S/C18H22O2/c1-18(2,3)15-10-8-13(9-11-15)17(19)14-6-5-7-16(12-14)20-4/h5-12,17,19H,1-4H3/t17-/m1/s1. The fraction of sp³-hybridized carbons (Fsp3) is 0.333. The minimum absolute atomic E-state index is 0.124. The van der Waals surface area contributed by atoms with Crippen molar-refractivity contribution in [3.8, 4) is 5.75 Å². The lowest BCUT2D eigenvalue weighted by molar-refractivity contribution is 0.219. The Hall–Kier alpha value is -1.80. The molecule has 1 N–H and O–H groups in total. The number of rotatable bonds is 3. The Morgan fingerprint density at radius 3 is 2.15 bits per heavy atom. The van der Waals surface area contributed by atoms with Crippen molar-refractivity contribution < 1.29 is 9.84 Å². The van der Waals surface area contributed by atoms with Gasteiger partial charge in [0.15, 0.2) is 0 Å². The van der Waals surface area contributed by atoms with Gasteiger partial charge >= 0.3 is 0 Å². The van der Waals surface area contributed by atoms with Crippen LogP contribution in [-0.2, 0) is 5.41 Å². The van der Waals surface area contributed by atoms with E-state index in [-0.39, 0.29) is 5.41 Å². The molecule has 2 aromatic carbocycles. The van der Waals surface area contributed by atoms with Gasteiger partial charge in [0.05, 0.1) is 7.11 Å². The Morgan fingerprint density at radius 1 is 0.950 bits per heavy atom. The van der Waals surface area contributed by atoms with Gasteiger partial charge < -0.3 is 9.84 Å². The van der Waals surface area contributed by atoms with Gasteiger partial charge in [0, 0.05) is 0 Å². The zero-order valence-corrected chi connectivity index (χ0v) is 12.6. The van der Waals surface area contributed by atoms with E-state index in [0.29, 0.717) is 0 Å². The van der Waals surface area contributed by atoms with Crippen LogP contribution in [0.25, 0.3) is 0 Å². The Morgan fingerprint density at radius 2 is 1.60 bits per heavy atom. The highest BCUT2D eigenvalue weighted by Gasteiger charge is 2.15. The third-order valence-electron chi connectivity index (χ3n) is 3.50. The molecule has 0 aliphatic heterocycles. The molecule has 0 saturated heterocycles. The second kappa shape index (κ2) is 5.68. The van der Waals surface area contributed by atoms with Crippen LogP contribution in [0.1, 0.15) is 43.6 Å². The van der Waals surface area contributed by atoms with Crippen LogP contribution in [0.4, 0.5) is 0 Å². The molecule has 106 valence electrons. The molecule has 2 nitrogen and oxygen atoms in total. The summed E-state index contributed by atoms with van der Waals surface area (Å²) >= 11 is 0. The lowest BCUT2D eigenvalue weighted by Crippen LogP contribution is -2.11. The van der Waals surface area contributed by atoms with E-state index in [1.165, 1.54) is 5.56 Å². The molecule has 0 bridgehead atoms. The topological polar surface area (TPSA) is 29.5 Å². The molecule has 0 heterocycles. The summed E-state index contributed by atoms with van der Waals surface area (Å²) in [6.45, 7) is 6.54. The van der Waals surface area contributed by atoms with Gasteiger partial charge in [-0.05, 0) is 34.2 Å². The number of aliphatic hydroxyl groups is 1. The Balaban J connectivity index is 2.26. The van der Waals surface area contributed by atoms with Crippen LogP contribution < -0.4 is 4.74 Å². The fourth-order valence-corrected chi connectivity index (χ4v) is 2.17. The van der Waals surface area contributed by atoms with E-state index in [1.54, 1.807) is 7.11 Å². The Kier molecular flexibility index (Phi) is 4.15. The van der Waals surface area contributed by atoms with Crippen molar-refractivity contribution >= 4 is 0 Å². The van der Waals surface area contributed by atoms with Crippen molar-refractivity contribution in [2.45, 2.75) is 32.3 Å². The summed E-state index contributed by atoms with van der Waals surface area (Å²) in [5, 5.41) is 10.4. The van der Waals surface area contributed by atoms with E-state index in [0.717, 1.165) is 16.9 Å². The summed E-state index contributed by atoms with van der Waals surface area (Å²) in [7, 11) is 1.63. The van der Waals surface area contributed by atoms with Crippen LogP contribution in [-0.4, -0.2) is 12.2 Å². The quantitative estimate of drug-likeness (QED) is 0.910. The maximum Gasteiger partial charge on any atom is 0.119 e.